The summed E-state index contributed by atoms with van der Waals surface area (Å²) in [6.07, 6.45) is 0. The molecule has 0 aromatic heterocycles. The van der Waals surface area contributed by atoms with Crippen LogP contribution in [0.2, 0.25) is 0 Å². The summed E-state index contributed by atoms with van der Waals surface area (Å²) in [6.45, 7) is 0. The number of hydrogen-bond donors (Lipinski definition) is 1. The second-order valence-corrected chi connectivity index (χ2v) is 7.02. The van der Waals surface area contributed by atoms with E-state index in [0.29, 0.717) is 0 Å². The Balaban J connectivity index is 2.58. The maximum absolute atomic E-state index is 13.7. The van der Waals surface area contributed by atoms with E-state index >= 15 is 0 Å². The van der Waals surface area contributed by atoms with Crippen molar-refractivity contribution in [2.75, 3.05) is 17.1 Å². The summed E-state index contributed by atoms with van der Waals surface area (Å²) >= 11 is 2.98. The second-order valence-electron chi connectivity index (χ2n) is 4.23. The minimum absolute atomic E-state index is 0.0115. The number of benzene rings is 2. The van der Waals surface area contributed by atoms with E-state index in [9.17, 15) is 17.2 Å². The lowest BCUT2D eigenvalue weighted by molar-refractivity contribution is 0.588. The van der Waals surface area contributed by atoms with Crippen LogP contribution in [0, 0.1) is 11.6 Å². The van der Waals surface area contributed by atoms with Gasteiger partial charge in [-0.05, 0) is 40.2 Å². The fraction of sp³-hybridized carbons (Fsp3) is 0.0769. The zero-order chi connectivity index (χ0) is 15.8. The molecule has 2 aromatic rings. The number of para-hydroxylation sites is 1. The maximum atomic E-state index is 13.7. The number of nitrogens with two attached hydrogens (primary N) is 1. The molecule has 4 nitrogen and oxygen atoms in total. The first-order valence-electron chi connectivity index (χ1n) is 5.73. The van der Waals surface area contributed by atoms with Crippen LogP contribution in [-0.4, -0.2) is 15.5 Å². The van der Waals surface area contributed by atoms with Gasteiger partial charge in [-0.15, -0.1) is 0 Å². The third-order valence-corrected chi connectivity index (χ3v) is 5.61. The quantitative estimate of drug-likeness (QED) is 0.836. The summed E-state index contributed by atoms with van der Waals surface area (Å²) in [5.74, 6) is -1.43. The van der Waals surface area contributed by atoms with Gasteiger partial charge in [-0.2, -0.15) is 0 Å². The van der Waals surface area contributed by atoms with Gasteiger partial charge in [-0.25, -0.2) is 17.2 Å². The van der Waals surface area contributed by atoms with Crippen molar-refractivity contribution in [3.8, 4) is 0 Å². The molecule has 0 fully saturated rings. The smallest absolute Gasteiger partial charge is 0.265 e. The fourth-order valence-corrected chi connectivity index (χ4v) is 3.94. The summed E-state index contributed by atoms with van der Waals surface area (Å²) < 4.78 is 52.9. The molecule has 0 saturated carbocycles. The lowest BCUT2D eigenvalue weighted by atomic mass is 10.3. The van der Waals surface area contributed by atoms with Gasteiger partial charge in [0.15, 0.2) is 0 Å². The van der Waals surface area contributed by atoms with Crippen molar-refractivity contribution in [1.29, 1.82) is 0 Å². The van der Waals surface area contributed by atoms with Gasteiger partial charge in [0.25, 0.3) is 10.0 Å². The monoisotopic (exact) mass is 376 g/mol. The Morgan fingerprint density at radius 2 is 1.76 bits per heavy atom. The third-order valence-electron chi connectivity index (χ3n) is 2.88. The number of halogens is 3. The van der Waals surface area contributed by atoms with Gasteiger partial charge in [0.2, 0.25) is 0 Å². The third kappa shape index (κ3) is 2.86. The number of nitrogen functional groups attached to an aromatic ring is 1. The highest BCUT2D eigenvalue weighted by molar-refractivity contribution is 9.10. The molecule has 0 aliphatic heterocycles. The summed E-state index contributed by atoms with van der Waals surface area (Å²) in [7, 11) is -2.88. The molecule has 0 radical (unpaired) electrons. The lowest BCUT2D eigenvalue weighted by Crippen LogP contribution is -2.27. The molecule has 0 spiro atoms. The predicted octanol–water partition coefficient (Wildman–Crippen LogP) is 3.13. The lowest BCUT2D eigenvalue weighted by Gasteiger charge is -2.21. The SMILES string of the molecule is CN(c1ccccc1F)S(=O)(=O)c1cc(N)c(F)cc1Br. The molecule has 112 valence electrons. The van der Waals surface area contributed by atoms with E-state index in [4.69, 9.17) is 5.73 Å². The van der Waals surface area contributed by atoms with Crippen molar-refractivity contribution < 1.29 is 17.2 Å². The van der Waals surface area contributed by atoms with Crippen LogP contribution in [0.15, 0.2) is 45.8 Å². The van der Waals surface area contributed by atoms with Gasteiger partial charge < -0.3 is 5.73 Å². The minimum atomic E-state index is -4.08. The first kappa shape index (κ1) is 15.7. The van der Waals surface area contributed by atoms with Crippen molar-refractivity contribution in [1.82, 2.24) is 0 Å². The Kier molecular flexibility index (Phi) is 4.20. The van der Waals surface area contributed by atoms with Crippen LogP contribution >= 0.6 is 15.9 Å². The minimum Gasteiger partial charge on any atom is -0.396 e. The summed E-state index contributed by atoms with van der Waals surface area (Å²) in [5.41, 5.74) is 4.98. The highest BCUT2D eigenvalue weighted by Gasteiger charge is 2.26. The van der Waals surface area contributed by atoms with E-state index in [1.807, 2.05) is 0 Å². The van der Waals surface area contributed by atoms with Crippen LogP contribution < -0.4 is 10.0 Å². The van der Waals surface area contributed by atoms with E-state index in [2.05, 4.69) is 15.9 Å². The summed E-state index contributed by atoms with van der Waals surface area (Å²) in [6, 6.07) is 7.39. The van der Waals surface area contributed by atoms with E-state index in [1.165, 1.54) is 25.2 Å². The van der Waals surface area contributed by atoms with Crippen molar-refractivity contribution in [2.24, 2.45) is 0 Å². The molecule has 0 heterocycles. The molecule has 0 atom stereocenters. The molecular weight excluding hydrogens is 366 g/mol. The van der Waals surface area contributed by atoms with Crippen LogP contribution in [0.4, 0.5) is 20.2 Å². The van der Waals surface area contributed by atoms with E-state index in [-0.39, 0.29) is 20.7 Å². The number of rotatable bonds is 3. The largest absolute Gasteiger partial charge is 0.396 e. The topological polar surface area (TPSA) is 63.4 Å². The Bertz CT molecular complexity index is 797. The van der Waals surface area contributed by atoms with Crippen molar-refractivity contribution >= 4 is 37.3 Å². The molecule has 2 rings (SSSR count). The van der Waals surface area contributed by atoms with Gasteiger partial charge in [0, 0.05) is 11.5 Å². The highest BCUT2D eigenvalue weighted by Crippen LogP contribution is 2.31. The van der Waals surface area contributed by atoms with Crippen LogP contribution in [-0.2, 0) is 10.0 Å². The van der Waals surface area contributed by atoms with Crippen LogP contribution in [0.1, 0.15) is 0 Å². The maximum Gasteiger partial charge on any atom is 0.265 e. The van der Waals surface area contributed by atoms with E-state index < -0.39 is 21.7 Å². The number of nitrogens with zero attached hydrogens (tertiary/aromatic N) is 1. The fourth-order valence-electron chi connectivity index (χ4n) is 1.73. The van der Waals surface area contributed by atoms with Gasteiger partial charge in [0.1, 0.15) is 16.5 Å². The predicted molar refractivity (Wildman–Crippen MR) is 80.5 cm³/mol. The Hall–Kier alpha value is -1.67. The molecule has 8 heteroatoms. The zero-order valence-corrected chi connectivity index (χ0v) is 13.2. The zero-order valence-electron chi connectivity index (χ0n) is 10.8. The molecule has 21 heavy (non-hydrogen) atoms. The number of hydrogen-bond acceptors (Lipinski definition) is 3. The average Bonchev–Trinajstić information content (AvgIpc) is 2.42. The van der Waals surface area contributed by atoms with Gasteiger partial charge in [-0.3, -0.25) is 4.31 Å². The highest BCUT2D eigenvalue weighted by atomic mass is 79.9. The van der Waals surface area contributed by atoms with Crippen molar-refractivity contribution in [3.63, 3.8) is 0 Å². The van der Waals surface area contributed by atoms with Gasteiger partial charge >= 0.3 is 0 Å². The van der Waals surface area contributed by atoms with Crippen LogP contribution in [0.3, 0.4) is 0 Å². The normalized spacial score (nSPS) is 11.4. The molecule has 2 N–H and O–H groups in total. The molecule has 0 unspecified atom stereocenters. The molecule has 0 aliphatic carbocycles. The summed E-state index contributed by atoms with van der Waals surface area (Å²) in [5, 5.41) is 0. The Morgan fingerprint density at radius 1 is 1.14 bits per heavy atom. The van der Waals surface area contributed by atoms with Crippen LogP contribution in [0.25, 0.3) is 0 Å². The molecule has 0 saturated heterocycles. The first-order valence-corrected chi connectivity index (χ1v) is 7.96. The van der Waals surface area contributed by atoms with Crippen molar-refractivity contribution in [2.45, 2.75) is 4.90 Å². The number of sulfonamides is 1. The van der Waals surface area contributed by atoms with Gasteiger partial charge in [0.05, 0.1) is 11.4 Å². The average molecular weight is 377 g/mol. The first-order chi connectivity index (χ1) is 9.75. The van der Waals surface area contributed by atoms with E-state index in [1.54, 1.807) is 0 Å². The van der Waals surface area contributed by atoms with Crippen molar-refractivity contribution in [3.05, 3.63) is 52.5 Å². The second kappa shape index (κ2) is 5.61. The molecule has 0 amide bonds. The molecular formula is C13H11BrF2N2O2S. The summed E-state index contributed by atoms with van der Waals surface area (Å²) in [4.78, 5) is -0.243. The standard InChI is InChI=1S/C13H11BrF2N2O2S/c1-18(12-5-3-2-4-9(12)15)21(19,20)13-7-11(17)10(16)6-8(13)14/h2-7H,17H2,1H3. The Morgan fingerprint density at radius 3 is 2.38 bits per heavy atom. The Labute approximate surface area is 129 Å². The van der Waals surface area contributed by atoms with Crippen LogP contribution in [0.5, 0.6) is 0 Å². The molecule has 0 aliphatic rings. The van der Waals surface area contributed by atoms with Gasteiger partial charge in [-0.1, -0.05) is 12.1 Å². The van der Waals surface area contributed by atoms with E-state index in [0.717, 1.165) is 22.5 Å². The number of anilines is 2. The molecule has 0 bridgehead atoms. The molecule has 2 aromatic carbocycles.